The molecule has 0 radical (unpaired) electrons. The number of piperazine rings is 4. The standard InChI is InChI=1S/C26H26N4O5S.C25H24N4O5S.C22H24N4O4S.C22H23N3O4S/c1-18-9-11-19(12-10-18)36(33,34)27-23-24(20-6-3-4-7-21(20)28(2)26(23)32)29-13-15-30(16-14-29)25(31)22-8-5-17-35-22;1-27-20-11-6-5-10-19(20)23(22(25(27)31)26-35(32,33)18-8-3-2-4-9-18)28-13-15-29(16-14-28)24(30)21-12-7-17-34-21;1-24-18-11-7-6-10-17(18)20(19(22(24)28)23-31(2,29)30)25-12-14-26(15-13-25)21(27)16-8-4-3-5-9-16;1-23-18-11-7-6-10-17(18)19(20(22(23)27)30(2,28)29)24-12-14-25(15-13-24)21(26)16-8-4-3-5-9-16/h3-12,17,27H,13-16H2,1-2H3;2-12,17,26H,13-16H2,1H3;3-11,23H,12-15H2,1-2H3;3-11H,12-15H2,1-2H3. The fraction of sp³-hybridized carbons (Fsp3) is 0.242. The Morgan fingerprint density at radius 1 is 0.295 bits per heavy atom. The highest BCUT2D eigenvalue weighted by molar-refractivity contribution is 7.93. The molecule has 18 rings (SSSR count). The van der Waals surface area contributed by atoms with E-state index in [9.17, 15) is 72.0 Å². The first kappa shape index (κ1) is 92.2. The second-order valence-electron chi connectivity index (χ2n) is 32.2. The molecular formula is C95H97N15O18S4. The molecule has 4 fully saturated rings. The summed E-state index contributed by atoms with van der Waals surface area (Å²) in [5.74, 6) is 0.0565. The van der Waals surface area contributed by atoms with Crippen molar-refractivity contribution < 1.29 is 61.7 Å². The molecule has 8 aromatic carbocycles. The molecule has 10 heterocycles. The number of hydrogen-bond acceptors (Lipinski definition) is 22. The number of sulfone groups is 1. The van der Waals surface area contributed by atoms with Crippen molar-refractivity contribution in [2.75, 3.05) is 151 Å². The zero-order valence-corrected chi connectivity index (χ0v) is 76.6. The molecule has 684 valence electrons. The number of rotatable bonds is 17. The van der Waals surface area contributed by atoms with E-state index in [1.165, 1.54) is 55.1 Å². The number of aromatic nitrogens is 4. The van der Waals surface area contributed by atoms with E-state index >= 15 is 0 Å². The number of para-hydroxylation sites is 4. The van der Waals surface area contributed by atoms with Gasteiger partial charge in [-0.25, -0.2) is 33.7 Å². The lowest BCUT2D eigenvalue weighted by Crippen LogP contribution is -2.49. The number of carbonyl (C=O) groups is 4. The normalized spacial score (nSPS) is 14.5. The van der Waals surface area contributed by atoms with Gasteiger partial charge in [0.2, 0.25) is 10.0 Å². The Labute approximate surface area is 761 Å². The molecule has 132 heavy (non-hydrogen) atoms. The minimum Gasteiger partial charge on any atom is -0.459 e. The molecule has 0 atom stereocenters. The van der Waals surface area contributed by atoms with Crippen LogP contribution in [0.15, 0.2) is 292 Å². The summed E-state index contributed by atoms with van der Waals surface area (Å²) in [4.78, 5) is 118. The van der Waals surface area contributed by atoms with Crippen LogP contribution in [-0.2, 0) is 68.1 Å². The SMILES string of the molecule is Cc1ccc(S(=O)(=O)Nc2c(N3CCN(C(=O)c4ccco4)CC3)c3ccccc3n(C)c2=O)cc1.Cn1c(=O)c(NS(=O)(=O)c2ccccc2)c(N2CCN(C(=O)c3ccco3)CC2)c2ccccc21.Cn1c(=O)c(NS(C)(=O)=O)c(N2CCN(C(=O)c3ccccc3)CC2)c2ccccc21.Cn1c(=O)c(S(C)(=O)=O)c(N2CCN(C(=O)c3ccccc3)CC2)c2ccccc21. The first-order valence-corrected chi connectivity index (χ1v) is 49.1. The Hall–Kier alpha value is -14.6. The molecule has 0 aliphatic carbocycles. The zero-order chi connectivity index (χ0) is 93.7. The third-order valence-corrected chi connectivity index (χ3v) is 28.0. The molecule has 37 heteroatoms. The number of amides is 4. The van der Waals surface area contributed by atoms with E-state index in [0.717, 1.165) is 34.2 Å². The summed E-state index contributed by atoms with van der Waals surface area (Å²) < 4.78 is 126. The van der Waals surface area contributed by atoms with Crippen LogP contribution in [0.3, 0.4) is 0 Å². The molecule has 0 saturated carbocycles. The molecule has 0 bridgehead atoms. The second kappa shape index (κ2) is 38.6. The van der Waals surface area contributed by atoms with E-state index in [1.54, 1.807) is 127 Å². The molecule has 0 unspecified atom stereocenters. The van der Waals surface area contributed by atoms with Crippen molar-refractivity contribution in [1.82, 2.24) is 37.9 Å². The summed E-state index contributed by atoms with van der Waals surface area (Å²) in [5.41, 5.74) is 5.11. The summed E-state index contributed by atoms with van der Waals surface area (Å²) in [6, 6.07) is 68.6. The number of carbonyl (C=O) groups excluding carboxylic acids is 4. The van der Waals surface area contributed by atoms with Crippen molar-refractivity contribution in [2.45, 2.75) is 21.6 Å². The number of anilines is 7. The minimum atomic E-state index is -4.02. The van der Waals surface area contributed by atoms with Crippen LogP contribution in [0.2, 0.25) is 0 Å². The van der Waals surface area contributed by atoms with Crippen LogP contribution < -0.4 is 56.0 Å². The van der Waals surface area contributed by atoms with Gasteiger partial charge >= 0.3 is 0 Å². The van der Waals surface area contributed by atoms with Crippen molar-refractivity contribution in [3.8, 4) is 0 Å². The van der Waals surface area contributed by atoms with Crippen LogP contribution in [0, 0.1) is 6.92 Å². The van der Waals surface area contributed by atoms with Gasteiger partial charge in [-0.1, -0.05) is 145 Å². The maximum atomic E-state index is 13.5. The van der Waals surface area contributed by atoms with Crippen LogP contribution in [0.25, 0.3) is 43.6 Å². The van der Waals surface area contributed by atoms with Crippen molar-refractivity contribution in [3.63, 3.8) is 0 Å². The smallest absolute Gasteiger partial charge is 0.289 e. The lowest BCUT2D eigenvalue weighted by atomic mass is 10.1. The highest BCUT2D eigenvalue weighted by atomic mass is 32.2. The van der Waals surface area contributed by atoms with Gasteiger partial charge in [-0.3, -0.25) is 52.5 Å². The quantitative estimate of drug-likeness (QED) is 0.0762. The molecule has 4 amide bonds. The first-order valence-electron chi connectivity index (χ1n) is 42.3. The van der Waals surface area contributed by atoms with Crippen molar-refractivity contribution in [3.05, 3.63) is 319 Å². The van der Waals surface area contributed by atoms with Crippen LogP contribution in [0.1, 0.15) is 47.4 Å². The number of pyridine rings is 4. The van der Waals surface area contributed by atoms with Gasteiger partial charge < -0.3 is 66.3 Å². The lowest BCUT2D eigenvalue weighted by Gasteiger charge is -2.37. The number of benzene rings is 8. The Balaban J connectivity index is 0.000000135. The van der Waals surface area contributed by atoms with E-state index in [2.05, 4.69) is 14.2 Å². The van der Waals surface area contributed by atoms with Gasteiger partial charge in [0.1, 0.15) is 17.1 Å². The molecule has 6 aromatic heterocycles. The maximum Gasteiger partial charge on any atom is 0.289 e. The van der Waals surface area contributed by atoms with Gasteiger partial charge in [0.25, 0.3) is 65.9 Å². The van der Waals surface area contributed by atoms with Gasteiger partial charge in [0, 0.05) is 172 Å². The number of hydrogen-bond donors (Lipinski definition) is 3. The summed E-state index contributed by atoms with van der Waals surface area (Å²) in [6.07, 6.45) is 5.02. The largest absolute Gasteiger partial charge is 0.459 e. The van der Waals surface area contributed by atoms with Gasteiger partial charge in [-0.2, -0.15) is 0 Å². The van der Waals surface area contributed by atoms with Crippen LogP contribution in [0.4, 0.5) is 39.8 Å². The molecule has 14 aromatic rings. The number of nitrogens with one attached hydrogen (secondary N) is 3. The van der Waals surface area contributed by atoms with E-state index in [4.69, 9.17) is 8.83 Å². The summed E-state index contributed by atoms with van der Waals surface area (Å²) in [5, 5.41) is 2.97. The Kier molecular flexibility index (Phi) is 27.0. The first-order chi connectivity index (χ1) is 63.2. The fourth-order valence-electron chi connectivity index (χ4n) is 16.9. The summed E-state index contributed by atoms with van der Waals surface area (Å²) in [7, 11) is -8.99. The molecule has 33 nitrogen and oxygen atoms in total. The average Bonchev–Trinajstić information content (AvgIpc) is 0.784. The Morgan fingerprint density at radius 3 is 0.879 bits per heavy atom. The summed E-state index contributed by atoms with van der Waals surface area (Å²) in [6.45, 7) is 8.81. The fourth-order valence-corrected chi connectivity index (χ4v) is 20.6. The topological polar surface area (TPSA) is 381 Å². The maximum absolute atomic E-state index is 13.5. The third-order valence-electron chi connectivity index (χ3n) is 23.6. The van der Waals surface area contributed by atoms with Gasteiger partial charge in [0.05, 0.1) is 73.4 Å². The van der Waals surface area contributed by atoms with Crippen molar-refractivity contribution in [2.24, 2.45) is 28.2 Å². The van der Waals surface area contributed by atoms with Crippen LogP contribution >= 0.6 is 0 Å². The predicted molar refractivity (Wildman–Crippen MR) is 510 cm³/mol. The highest BCUT2D eigenvalue weighted by Crippen LogP contribution is 2.39. The van der Waals surface area contributed by atoms with Gasteiger partial charge in [0.15, 0.2) is 26.3 Å². The molecule has 0 spiro atoms. The molecule has 3 N–H and O–H groups in total. The number of nitrogens with zero attached hydrogens (tertiary/aromatic N) is 12. The predicted octanol–water partition coefficient (Wildman–Crippen LogP) is 9.87. The van der Waals surface area contributed by atoms with Crippen LogP contribution in [0.5, 0.6) is 0 Å². The minimum absolute atomic E-state index is 0.0115. The molecule has 4 aliphatic heterocycles. The monoisotopic (exact) mass is 1860 g/mol. The van der Waals surface area contributed by atoms with E-state index in [-0.39, 0.29) is 66.9 Å². The summed E-state index contributed by atoms with van der Waals surface area (Å²) >= 11 is 0. The van der Waals surface area contributed by atoms with Crippen molar-refractivity contribution >= 4 is 147 Å². The number of sulfonamides is 3. The highest BCUT2D eigenvalue weighted by Gasteiger charge is 2.36. The Bertz CT molecular complexity index is 7460. The molecule has 4 aliphatic rings. The van der Waals surface area contributed by atoms with Gasteiger partial charge in [-0.15, -0.1) is 0 Å². The molecule has 4 saturated heterocycles. The third kappa shape index (κ3) is 19.5. The number of aryl methyl sites for hydroxylation is 5. The van der Waals surface area contributed by atoms with E-state index < -0.39 is 62.1 Å². The number of fused-ring (bicyclic) bond motifs is 4. The van der Waals surface area contributed by atoms with Gasteiger partial charge in [-0.05, 0) is 104 Å². The number of furan rings is 2. The Morgan fingerprint density at radius 2 is 0.568 bits per heavy atom. The van der Waals surface area contributed by atoms with E-state index in [0.29, 0.717) is 166 Å². The van der Waals surface area contributed by atoms with Crippen LogP contribution in [-0.4, -0.2) is 212 Å². The van der Waals surface area contributed by atoms with Crippen molar-refractivity contribution in [1.29, 1.82) is 0 Å². The zero-order valence-electron chi connectivity index (χ0n) is 73.3. The molecular weight excluding hydrogens is 1770 g/mol. The second-order valence-corrected chi connectivity index (χ2v) is 39.2. The van der Waals surface area contributed by atoms with E-state index in [1.807, 2.05) is 160 Å². The average molecular weight is 1870 g/mol. The lowest BCUT2D eigenvalue weighted by molar-refractivity contribution is 0.0708.